The van der Waals surface area contributed by atoms with Crippen molar-refractivity contribution in [3.8, 4) is 5.75 Å². The van der Waals surface area contributed by atoms with E-state index in [0.29, 0.717) is 12.6 Å². The summed E-state index contributed by atoms with van der Waals surface area (Å²) in [7, 11) is 2.05. The van der Waals surface area contributed by atoms with Crippen molar-refractivity contribution >= 4 is 12.4 Å². The molecule has 1 saturated heterocycles. The number of aliphatic hydroxyl groups excluding tert-OH is 1. The van der Waals surface area contributed by atoms with Gasteiger partial charge in [0.05, 0.1) is 12.7 Å². The first-order valence-corrected chi connectivity index (χ1v) is 8.95. The molecule has 0 bridgehead atoms. The number of aryl methyl sites for hydroxylation is 2. The summed E-state index contributed by atoms with van der Waals surface area (Å²) in [5, 5.41) is 9.72. The number of para-hydroxylation sites is 1. The lowest BCUT2D eigenvalue weighted by Gasteiger charge is -2.19. The number of halogens is 2. The van der Waals surface area contributed by atoms with E-state index in [4.69, 9.17) is 4.74 Å². The Morgan fingerprint density at radius 1 is 1.12 bits per heavy atom. The van der Waals surface area contributed by atoms with Crippen molar-refractivity contribution in [3.63, 3.8) is 0 Å². The van der Waals surface area contributed by atoms with Gasteiger partial charge in [-0.2, -0.15) is 0 Å². The van der Waals surface area contributed by atoms with Gasteiger partial charge in [-0.1, -0.05) is 30.3 Å². The Balaban J connectivity index is 0.00000243. The number of hydrogen-bond donors (Lipinski definition) is 1. The maximum absolute atomic E-state index is 13.0. The summed E-state index contributed by atoms with van der Waals surface area (Å²) in [6.07, 6.45) is 3.26. The predicted molar refractivity (Wildman–Crippen MR) is 105 cm³/mol. The molecule has 0 radical (unpaired) electrons. The van der Waals surface area contributed by atoms with Crippen molar-refractivity contribution in [1.29, 1.82) is 0 Å². The van der Waals surface area contributed by atoms with Gasteiger partial charge < -0.3 is 14.7 Å². The minimum Gasteiger partial charge on any atom is -0.493 e. The number of hydrogen-bond acceptors (Lipinski definition) is 3. The first kappa shape index (κ1) is 20.7. The van der Waals surface area contributed by atoms with Gasteiger partial charge in [0, 0.05) is 12.6 Å². The number of likely N-dealkylation sites (tertiary alicyclic amines) is 1. The van der Waals surface area contributed by atoms with E-state index >= 15 is 0 Å². The summed E-state index contributed by atoms with van der Waals surface area (Å²) in [6.45, 7) is 1.40. The third-order valence-electron chi connectivity index (χ3n) is 4.94. The number of benzene rings is 2. The maximum Gasteiger partial charge on any atom is 0.123 e. The summed E-state index contributed by atoms with van der Waals surface area (Å²) in [5.41, 5.74) is 2.30. The zero-order valence-electron chi connectivity index (χ0n) is 15.1. The van der Waals surface area contributed by atoms with Crippen molar-refractivity contribution in [1.82, 2.24) is 4.90 Å². The van der Waals surface area contributed by atoms with Crippen LogP contribution in [0.15, 0.2) is 48.5 Å². The zero-order valence-corrected chi connectivity index (χ0v) is 15.9. The highest BCUT2D eigenvalue weighted by Crippen LogP contribution is 2.22. The first-order valence-electron chi connectivity index (χ1n) is 8.95. The lowest BCUT2D eigenvalue weighted by molar-refractivity contribution is 0.182. The molecule has 2 aromatic rings. The molecule has 0 unspecified atom stereocenters. The second kappa shape index (κ2) is 9.91. The van der Waals surface area contributed by atoms with Crippen LogP contribution < -0.4 is 4.74 Å². The molecule has 1 N–H and O–H groups in total. The first-order chi connectivity index (χ1) is 12.1. The van der Waals surface area contributed by atoms with Crippen molar-refractivity contribution in [2.75, 3.05) is 20.2 Å². The van der Waals surface area contributed by atoms with Gasteiger partial charge in [0.25, 0.3) is 0 Å². The second-order valence-corrected chi connectivity index (χ2v) is 6.85. The predicted octanol–water partition coefficient (Wildman–Crippen LogP) is 3.87. The molecular weight excluding hydrogens is 353 g/mol. The summed E-state index contributed by atoms with van der Waals surface area (Å²) in [6, 6.07) is 15.2. The molecule has 5 heteroatoms. The van der Waals surface area contributed by atoms with Gasteiger partial charge >= 0.3 is 0 Å². The van der Waals surface area contributed by atoms with Crippen molar-refractivity contribution in [2.24, 2.45) is 0 Å². The number of likely N-dealkylation sites (N-methyl/N-ethyl adjacent to an activating group) is 1. The summed E-state index contributed by atoms with van der Waals surface area (Å²) < 4.78 is 19.0. The van der Waals surface area contributed by atoms with E-state index < -0.39 is 0 Å². The molecule has 0 aliphatic carbocycles. The van der Waals surface area contributed by atoms with E-state index in [1.165, 1.54) is 17.7 Å². The fourth-order valence-electron chi connectivity index (χ4n) is 3.47. The Labute approximate surface area is 161 Å². The van der Waals surface area contributed by atoms with Crippen LogP contribution in [0.2, 0.25) is 0 Å². The highest BCUT2D eigenvalue weighted by Gasteiger charge is 2.27. The van der Waals surface area contributed by atoms with Crippen molar-refractivity contribution < 1.29 is 14.2 Å². The summed E-state index contributed by atoms with van der Waals surface area (Å²) in [4.78, 5) is 2.20. The molecule has 1 heterocycles. The van der Waals surface area contributed by atoms with Crippen LogP contribution in [0.4, 0.5) is 4.39 Å². The van der Waals surface area contributed by atoms with E-state index in [1.54, 1.807) is 0 Å². The number of ether oxygens (including phenoxy) is 1. The Kier molecular flexibility index (Phi) is 7.88. The molecule has 26 heavy (non-hydrogen) atoms. The van der Waals surface area contributed by atoms with Crippen LogP contribution in [-0.4, -0.2) is 42.4 Å². The molecular formula is C21H27ClFNO2. The molecule has 3 rings (SSSR count). The molecule has 1 aliphatic rings. The smallest absolute Gasteiger partial charge is 0.123 e. The third-order valence-corrected chi connectivity index (χ3v) is 4.94. The Morgan fingerprint density at radius 3 is 2.54 bits per heavy atom. The Hall–Kier alpha value is -1.62. The molecule has 2 atom stereocenters. The standard InChI is InChI=1S/C21H26FNO2.ClH/c1-23-15-20(24)14-19(23)12-13-25-21-5-3-2-4-17(21)9-6-16-7-10-18(22)11-8-16;/h2-5,7-8,10-11,19-20,24H,6,9,12-15H2,1H3;1H/t19-,20-;/m1./s1. The second-order valence-electron chi connectivity index (χ2n) is 6.85. The van der Waals surface area contributed by atoms with Crippen LogP contribution in [0.25, 0.3) is 0 Å². The van der Waals surface area contributed by atoms with E-state index in [9.17, 15) is 9.50 Å². The van der Waals surface area contributed by atoms with Crippen LogP contribution in [-0.2, 0) is 12.8 Å². The number of aliphatic hydroxyl groups is 1. The van der Waals surface area contributed by atoms with E-state index in [-0.39, 0.29) is 24.3 Å². The molecule has 0 aromatic heterocycles. The van der Waals surface area contributed by atoms with Gasteiger partial charge in [-0.25, -0.2) is 4.39 Å². The van der Waals surface area contributed by atoms with Gasteiger partial charge in [-0.05, 0) is 62.1 Å². The molecule has 0 saturated carbocycles. The lowest BCUT2D eigenvalue weighted by atomic mass is 10.0. The average molecular weight is 380 g/mol. The number of nitrogens with zero attached hydrogens (tertiary/aromatic N) is 1. The van der Waals surface area contributed by atoms with E-state index in [0.717, 1.165) is 43.5 Å². The fraction of sp³-hybridized carbons (Fsp3) is 0.429. The molecule has 2 aromatic carbocycles. The van der Waals surface area contributed by atoms with E-state index in [2.05, 4.69) is 18.0 Å². The minimum atomic E-state index is -0.210. The Morgan fingerprint density at radius 2 is 1.85 bits per heavy atom. The van der Waals surface area contributed by atoms with Crippen LogP contribution in [0, 0.1) is 5.82 Å². The number of β-amino-alcohol motifs (C(OH)–C–C–N with tert-alkyl or cyclic N) is 1. The van der Waals surface area contributed by atoms with Crippen LogP contribution in [0.1, 0.15) is 24.0 Å². The van der Waals surface area contributed by atoms with E-state index in [1.807, 2.05) is 30.3 Å². The van der Waals surface area contributed by atoms with Gasteiger partial charge in [-0.15, -0.1) is 12.4 Å². The van der Waals surface area contributed by atoms with Crippen LogP contribution in [0.5, 0.6) is 5.75 Å². The van der Waals surface area contributed by atoms with Gasteiger partial charge in [-0.3, -0.25) is 0 Å². The SMILES string of the molecule is CN1C[C@H](O)C[C@H]1CCOc1ccccc1CCc1ccc(F)cc1.Cl. The molecule has 0 spiro atoms. The fourth-order valence-corrected chi connectivity index (χ4v) is 3.47. The highest BCUT2D eigenvalue weighted by molar-refractivity contribution is 5.85. The van der Waals surface area contributed by atoms with Gasteiger partial charge in [0.15, 0.2) is 0 Å². The lowest BCUT2D eigenvalue weighted by Crippen LogP contribution is -2.26. The molecule has 142 valence electrons. The maximum atomic E-state index is 13.0. The highest BCUT2D eigenvalue weighted by atomic mass is 35.5. The van der Waals surface area contributed by atoms with Crippen LogP contribution in [0.3, 0.4) is 0 Å². The topological polar surface area (TPSA) is 32.7 Å². The minimum absolute atomic E-state index is 0. The molecule has 1 fully saturated rings. The molecule has 3 nitrogen and oxygen atoms in total. The third kappa shape index (κ3) is 5.70. The quantitative estimate of drug-likeness (QED) is 0.792. The van der Waals surface area contributed by atoms with Crippen molar-refractivity contribution in [2.45, 2.75) is 37.8 Å². The van der Waals surface area contributed by atoms with Crippen molar-refractivity contribution in [3.05, 3.63) is 65.5 Å². The zero-order chi connectivity index (χ0) is 17.6. The monoisotopic (exact) mass is 379 g/mol. The number of rotatable bonds is 7. The average Bonchev–Trinajstić information content (AvgIpc) is 2.93. The molecule has 0 amide bonds. The van der Waals surface area contributed by atoms with Gasteiger partial charge in [0.2, 0.25) is 0 Å². The summed E-state index contributed by atoms with van der Waals surface area (Å²) in [5.74, 6) is 0.722. The normalized spacial score (nSPS) is 20.0. The van der Waals surface area contributed by atoms with Crippen LogP contribution >= 0.6 is 12.4 Å². The Bertz CT molecular complexity index is 680. The van der Waals surface area contributed by atoms with Gasteiger partial charge in [0.1, 0.15) is 11.6 Å². The largest absolute Gasteiger partial charge is 0.493 e. The molecule has 1 aliphatic heterocycles. The summed E-state index contributed by atoms with van der Waals surface area (Å²) >= 11 is 0.